The molecule has 3 fully saturated rings. The molecule has 4 heteroatoms. The first-order valence-corrected chi connectivity index (χ1v) is 10.6. The molecule has 2 nitrogen and oxygen atoms in total. The van der Waals surface area contributed by atoms with Gasteiger partial charge in [-0.25, -0.2) is 0 Å². The Balaban J connectivity index is 1.58. The van der Waals surface area contributed by atoms with Crippen LogP contribution in [0.2, 0.25) is 0 Å². The van der Waals surface area contributed by atoms with Crippen LogP contribution in [0.15, 0.2) is 0 Å². The third-order valence-corrected chi connectivity index (χ3v) is 6.51. The highest BCUT2D eigenvalue weighted by molar-refractivity contribution is 14.2. The van der Waals surface area contributed by atoms with Crippen LogP contribution in [-0.4, -0.2) is 24.8 Å². The smallest absolute Gasteiger partial charge is 0.168 e. The fourth-order valence-corrected chi connectivity index (χ4v) is 5.89. The van der Waals surface area contributed by atoms with Crippen LogP contribution in [-0.2, 0) is 9.47 Å². The summed E-state index contributed by atoms with van der Waals surface area (Å²) >= 11 is 2.43. The molecule has 3 rings (SSSR count). The summed E-state index contributed by atoms with van der Waals surface area (Å²) in [4.78, 5) is 0. The van der Waals surface area contributed by atoms with Gasteiger partial charge in [0.15, 0.2) is 5.79 Å². The van der Waals surface area contributed by atoms with Gasteiger partial charge in [0.2, 0.25) is 0 Å². The molecule has 2 saturated carbocycles. The maximum absolute atomic E-state index is 6.14. The van der Waals surface area contributed by atoms with Crippen LogP contribution in [0.25, 0.3) is 0 Å². The van der Waals surface area contributed by atoms with Crippen molar-refractivity contribution in [3.8, 4) is 0 Å². The van der Waals surface area contributed by atoms with Gasteiger partial charge in [0.25, 0.3) is 0 Å². The van der Waals surface area contributed by atoms with E-state index >= 15 is 0 Å². The summed E-state index contributed by atoms with van der Waals surface area (Å²) in [6.45, 7) is 6.17. The van der Waals surface area contributed by atoms with Crippen molar-refractivity contribution in [3.63, 3.8) is 0 Å². The van der Waals surface area contributed by atoms with E-state index in [0.29, 0.717) is 0 Å². The average molecular weight is 382 g/mol. The van der Waals surface area contributed by atoms with Crippen molar-refractivity contribution in [2.45, 2.75) is 45.3 Å². The first-order chi connectivity index (χ1) is 8.52. The van der Waals surface area contributed by atoms with Crippen LogP contribution in [0.4, 0.5) is 0 Å². The number of hydrogen-bond acceptors (Lipinski definition) is 3. The van der Waals surface area contributed by atoms with E-state index in [0.717, 1.165) is 43.8 Å². The molecule has 0 amide bonds. The summed E-state index contributed by atoms with van der Waals surface area (Å²) in [6.07, 6.45) is 5.10. The molecule has 1 aliphatic heterocycles. The predicted octanol–water partition coefficient (Wildman–Crippen LogP) is 4.28. The lowest BCUT2D eigenvalue weighted by molar-refractivity contribution is -0.297. The lowest BCUT2D eigenvalue weighted by Gasteiger charge is -2.42. The van der Waals surface area contributed by atoms with Crippen molar-refractivity contribution in [2.75, 3.05) is 19.0 Å². The molecule has 0 aromatic heterocycles. The van der Waals surface area contributed by atoms with Crippen molar-refractivity contribution in [1.29, 1.82) is 0 Å². The fraction of sp³-hybridized carbons (Fsp3) is 1.00. The van der Waals surface area contributed by atoms with Gasteiger partial charge in [-0.2, -0.15) is 0 Å². The molecule has 18 heavy (non-hydrogen) atoms. The summed E-state index contributed by atoms with van der Waals surface area (Å²) in [5.41, 5.74) is 0.198. The lowest BCUT2D eigenvalue weighted by atomic mass is 9.93. The average Bonchev–Trinajstić information content (AvgIpc) is 2.79. The standard InChI is InChI=1S/C14H23IO2S/c1-13(2)8-16-14(17-9-13)5-11-3-10(7-18-15)4-12(11)6-14/h10-12H,3-9H2,1-2H3. The Kier molecular flexibility index (Phi) is 3.94. The van der Waals surface area contributed by atoms with Gasteiger partial charge in [-0.1, -0.05) is 22.8 Å². The molecule has 1 saturated heterocycles. The van der Waals surface area contributed by atoms with E-state index in [1.807, 2.05) is 8.93 Å². The molecule has 104 valence electrons. The number of fused-ring (bicyclic) bond motifs is 1. The second-order valence-corrected chi connectivity index (χ2v) is 9.61. The van der Waals surface area contributed by atoms with Gasteiger partial charge in [-0.15, -0.1) is 0 Å². The number of ether oxygens (including phenoxy) is 2. The molecule has 3 aliphatic rings. The second kappa shape index (κ2) is 5.08. The maximum Gasteiger partial charge on any atom is 0.168 e. The molecule has 0 aromatic carbocycles. The first-order valence-electron chi connectivity index (χ1n) is 7.03. The van der Waals surface area contributed by atoms with E-state index in [4.69, 9.17) is 9.47 Å². The van der Waals surface area contributed by atoms with Gasteiger partial charge < -0.3 is 9.47 Å². The minimum Gasteiger partial charge on any atom is -0.349 e. The SMILES string of the molecule is CC1(C)COC2(CC3CC(CSI)CC3C2)OC1. The Morgan fingerprint density at radius 3 is 2.17 bits per heavy atom. The normalized spacial score (nSPS) is 41.2. The zero-order valence-corrected chi connectivity index (χ0v) is 14.3. The molecule has 1 spiro atoms. The van der Waals surface area contributed by atoms with E-state index in [2.05, 4.69) is 35.1 Å². The van der Waals surface area contributed by atoms with E-state index in [1.54, 1.807) is 0 Å². The van der Waals surface area contributed by atoms with Crippen molar-refractivity contribution in [1.82, 2.24) is 0 Å². The summed E-state index contributed by atoms with van der Waals surface area (Å²) in [6, 6.07) is 0. The molecular formula is C14H23IO2S. The van der Waals surface area contributed by atoms with Gasteiger partial charge in [0.05, 0.1) is 13.2 Å². The Hall–Kier alpha value is 1.00. The zero-order valence-electron chi connectivity index (χ0n) is 11.3. The van der Waals surface area contributed by atoms with E-state index in [1.165, 1.54) is 18.6 Å². The van der Waals surface area contributed by atoms with Crippen LogP contribution in [0.3, 0.4) is 0 Å². The van der Waals surface area contributed by atoms with Crippen LogP contribution >= 0.6 is 30.1 Å². The molecule has 2 unspecified atom stereocenters. The van der Waals surface area contributed by atoms with E-state index in [-0.39, 0.29) is 11.2 Å². The third-order valence-electron chi connectivity index (χ3n) is 4.84. The van der Waals surface area contributed by atoms with Gasteiger partial charge >= 0.3 is 0 Å². The minimum atomic E-state index is -0.201. The highest BCUT2D eigenvalue weighted by Crippen LogP contribution is 2.54. The van der Waals surface area contributed by atoms with Crippen molar-refractivity contribution in [2.24, 2.45) is 23.2 Å². The summed E-state index contributed by atoms with van der Waals surface area (Å²) in [5, 5.41) is 0. The molecule has 0 aromatic rings. The molecule has 0 N–H and O–H groups in total. The number of hydrogen-bond donors (Lipinski definition) is 0. The van der Waals surface area contributed by atoms with Crippen LogP contribution in [0.1, 0.15) is 39.5 Å². The van der Waals surface area contributed by atoms with Crippen LogP contribution in [0.5, 0.6) is 0 Å². The molecule has 2 atom stereocenters. The van der Waals surface area contributed by atoms with Gasteiger partial charge in [0, 0.05) is 24.0 Å². The Morgan fingerprint density at radius 1 is 1.11 bits per heavy atom. The van der Waals surface area contributed by atoms with Crippen molar-refractivity contribution >= 4 is 30.1 Å². The maximum atomic E-state index is 6.14. The topological polar surface area (TPSA) is 18.5 Å². The largest absolute Gasteiger partial charge is 0.349 e. The summed E-state index contributed by atoms with van der Waals surface area (Å²) < 4.78 is 12.3. The van der Waals surface area contributed by atoms with Gasteiger partial charge in [0.1, 0.15) is 0 Å². The monoisotopic (exact) mass is 382 g/mol. The number of rotatable bonds is 2. The summed E-state index contributed by atoms with van der Waals surface area (Å²) in [7, 11) is 1.97. The minimum absolute atomic E-state index is 0.198. The fourth-order valence-electron chi connectivity index (χ4n) is 3.92. The lowest BCUT2D eigenvalue weighted by Crippen LogP contribution is -2.46. The quantitative estimate of drug-likeness (QED) is 0.665. The first kappa shape index (κ1) is 14.0. The van der Waals surface area contributed by atoms with Crippen LogP contribution in [0, 0.1) is 23.2 Å². The molecular weight excluding hydrogens is 359 g/mol. The van der Waals surface area contributed by atoms with E-state index in [9.17, 15) is 0 Å². The van der Waals surface area contributed by atoms with Crippen LogP contribution < -0.4 is 0 Å². The van der Waals surface area contributed by atoms with E-state index < -0.39 is 0 Å². The molecule has 0 radical (unpaired) electrons. The Morgan fingerprint density at radius 2 is 1.67 bits per heavy atom. The zero-order chi connectivity index (χ0) is 12.8. The Labute approximate surface area is 127 Å². The highest BCUT2D eigenvalue weighted by atomic mass is 127. The Bertz CT molecular complexity index is 295. The summed E-state index contributed by atoms with van der Waals surface area (Å²) in [5.74, 6) is 3.79. The second-order valence-electron chi connectivity index (χ2n) is 7.19. The molecule has 1 heterocycles. The van der Waals surface area contributed by atoms with Gasteiger partial charge in [-0.3, -0.25) is 0 Å². The number of halogens is 1. The molecule has 0 bridgehead atoms. The third kappa shape index (κ3) is 2.72. The van der Waals surface area contributed by atoms with Gasteiger partial charge in [-0.05, 0) is 51.8 Å². The van der Waals surface area contributed by atoms with Crippen molar-refractivity contribution < 1.29 is 9.47 Å². The highest BCUT2D eigenvalue weighted by Gasteiger charge is 2.53. The predicted molar refractivity (Wildman–Crippen MR) is 83.8 cm³/mol. The van der Waals surface area contributed by atoms with Crippen molar-refractivity contribution in [3.05, 3.63) is 0 Å². The molecule has 2 aliphatic carbocycles.